The summed E-state index contributed by atoms with van der Waals surface area (Å²) < 4.78 is 38.1. The minimum atomic E-state index is -4.33. The van der Waals surface area contributed by atoms with Crippen LogP contribution in [0.1, 0.15) is 24.8 Å². The van der Waals surface area contributed by atoms with Crippen LogP contribution < -0.4 is 11.1 Å². The first-order chi connectivity index (χ1) is 7.91. The van der Waals surface area contributed by atoms with Crippen molar-refractivity contribution in [1.29, 1.82) is 0 Å². The lowest BCUT2D eigenvalue weighted by Crippen LogP contribution is -2.52. The van der Waals surface area contributed by atoms with Crippen LogP contribution in [0.3, 0.4) is 0 Å². The lowest BCUT2D eigenvalue weighted by atomic mass is 9.78. The topological polar surface area (TPSA) is 38.0 Å². The Kier molecular flexibility index (Phi) is 3.03. The first-order valence-electron chi connectivity index (χ1n) is 5.60. The Morgan fingerprint density at radius 3 is 2.41 bits per heavy atom. The number of nitrogens with two attached hydrogens (primary N) is 1. The first-order valence-corrected chi connectivity index (χ1v) is 5.60. The molecule has 1 aliphatic carbocycles. The average Bonchev–Trinajstić information content (AvgIpc) is 2.23. The summed E-state index contributed by atoms with van der Waals surface area (Å²) >= 11 is 0. The van der Waals surface area contributed by atoms with Crippen LogP contribution in [0, 0.1) is 0 Å². The minimum absolute atomic E-state index is 0.108. The Labute approximate surface area is 98.0 Å². The second kappa shape index (κ2) is 4.22. The van der Waals surface area contributed by atoms with Crippen molar-refractivity contribution in [1.82, 2.24) is 0 Å². The molecule has 17 heavy (non-hydrogen) atoms. The fraction of sp³-hybridized carbons (Fsp3) is 0.500. The maximum Gasteiger partial charge on any atom is 0.418 e. The van der Waals surface area contributed by atoms with Gasteiger partial charge >= 0.3 is 6.18 Å². The largest absolute Gasteiger partial charge is 0.418 e. The first kappa shape index (κ1) is 12.2. The molecule has 0 saturated heterocycles. The van der Waals surface area contributed by atoms with Gasteiger partial charge in [-0.1, -0.05) is 12.1 Å². The predicted molar refractivity (Wildman–Crippen MR) is 60.7 cm³/mol. The molecule has 0 bridgehead atoms. The molecular formula is C12H15F3N2. The van der Waals surface area contributed by atoms with E-state index in [4.69, 9.17) is 5.73 Å². The van der Waals surface area contributed by atoms with Crippen molar-refractivity contribution >= 4 is 5.69 Å². The highest BCUT2D eigenvalue weighted by Gasteiger charge is 2.35. The number of rotatable bonds is 3. The number of hydrogen-bond donors (Lipinski definition) is 2. The van der Waals surface area contributed by atoms with Gasteiger partial charge in [0.2, 0.25) is 0 Å². The van der Waals surface area contributed by atoms with Crippen LogP contribution in [-0.4, -0.2) is 12.1 Å². The molecule has 1 fully saturated rings. The van der Waals surface area contributed by atoms with Gasteiger partial charge < -0.3 is 11.1 Å². The quantitative estimate of drug-likeness (QED) is 0.857. The summed E-state index contributed by atoms with van der Waals surface area (Å²) in [6.07, 6.45) is -1.54. The molecule has 1 saturated carbocycles. The molecule has 0 aliphatic heterocycles. The van der Waals surface area contributed by atoms with Crippen LogP contribution in [-0.2, 0) is 6.18 Å². The Morgan fingerprint density at radius 1 is 1.24 bits per heavy atom. The Bertz CT molecular complexity index is 397. The van der Waals surface area contributed by atoms with Crippen molar-refractivity contribution in [2.24, 2.45) is 5.73 Å². The van der Waals surface area contributed by atoms with Gasteiger partial charge in [0.1, 0.15) is 0 Å². The van der Waals surface area contributed by atoms with E-state index in [1.165, 1.54) is 12.1 Å². The van der Waals surface area contributed by atoms with Gasteiger partial charge in [0.15, 0.2) is 0 Å². The van der Waals surface area contributed by atoms with Gasteiger partial charge in [-0.3, -0.25) is 0 Å². The highest BCUT2D eigenvalue weighted by molar-refractivity contribution is 5.52. The van der Waals surface area contributed by atoms with Crippen LogP contribution in [0.15, 0.2) is 24.3 Å². The van der Waals surface area contributed by atoms with E-state index in [0.717, 1.165) is 25.3 Å². The maximum absolute atomic E-state index is 12.7. The molecule has 0 spiro atoms. The van der Waals surface area contributed by atoms with Gasteiger partial charge in [0.25, 0.3) is 0 Å². The van der Waals surface area contributed by atoms with E-state index in [2.05, 4.69) is 5.32 Å². The van der Waals surface area contributed by atoms with E-state index in [1.807, 2.05) is 0 Å². The van der Waals surface area contributed by atoms with E-state index in [-0.39, 0.29) is 11.2 Å². The third-order valence-electron chi connectivity index (χ3n) is 3.21. The van der Waals surface area contributed by atoms with Crippen LogP contribution in [0.2, 0.25) is 0 Å². The summed E-state index contributed by atoms with van der Waals surface area (Å²) in [7, 11) is 0. The third kappa shape index (κ3) is 2.72. The molecule has 0 atom stereocenters. The molecular weight excluding hydrogens is 229 g/mol. The number of anilines is 1. The number of hydrogen-bond acceptors (Lipinski definition) is 2. The highest BCUT2D eigenvalue weighted by Crippen LogP contribution is 2.35. The minimum Gasteiger partial charge on any atom is -0.383 e. The van der Waals surface area contributed by atoms with Crippen molar-refractivity contribution in [3.63, 3.8) is 0 Å². The average molecular weight is 244 g/mol. The van der Waals surface area contributed by atoms with Crippen molar-refractivity contribution in [2.75, 3.05) is 11.9 Å². The molecule has 0 heterocycles. The molecule has 0 radical (unpaired) electrons. The van der Waals surface area contributed by atoms with Crippen molar-refractivity contribution < 1.29 is 13.2 Å². The fourth-order valence-electron chi connectivity index (χ4n) is 1.96. The number of alkyl halides is 3. The second-order valence-electron chi connectivity index (χ2n) is 4.61. The molecule has 94 valence electrons. The molecule has 1 aliphatic rings. The summed E-state index contributed by atoms with van der Waals surface area (Å²) in [5.41, 5.74) is 5.10. The molecule has 0 aromatic heterocycles. The zero-order valence-electron chi connectivity index (χ0n) is 9.35. The standard InChI is InChI=1S/C12H15F3N2/c13-12(14,15)9-4-1-2-5-10(9)17-8-11(16)6-3-7-11/h1-2,4-5,17H,3,6-8,16H2. The molecule has 0 unspecified atom stereocenters. The van der Waals surface area contributed by atoms with Gasteiger partial charge in [-0.05, 0) is 31.4 Å². The molecule has 1 aromatic rings. The number of para-hydroxylation sites is 1. The summed E-state index contributed by atoms with van der Waals surface area (Å²) in [6, 6.07) is 5.48. The number of benzene rings is 1. The van der Waals surface area contributed by atoms with E-state index in [0.29, 0.717) is 6.54 Å². The van der Waals surface area contributed by atoms with Crippen molar-refractivity contribution in [3.8, 4) is 0 Å². The Balaban J connectivity index is 2.10. The van der Waals surface area contributed by atoms with Gasteiger partial charge in [-0.2, -0.15) is 13.2 Å². The van der Waals surface area contributed by atoms with E-state index in [9.17, 15) is 13.2 Å². The van der Waals surface area contributed by atoms with E-state index < -0.39 is 11.7 Å². The second-order valence-corrected chi connectivity index (χ2v) is 4.61. The van der Waals surface area contributed by atoms with Gasteiger partial charge in [0.05, 0.1) is 5.56 Å². The smallest absolute Gasteiger partial charge is 0.383 e. The monoisotopic (exact) mass is 244 g/mol. The Morgan fingerprint density at radius 2 is 1.88 bits per heavy atom. The summed E-state index contributed by atoms with van der Waals surface area (Å²) in [5, 5.41) is 2.82. The highest BCUT2D eigenvalue weighted by atomic mass is 19.4. The van der Waals surface area contributed by atoms with Crippen LogP contribution in [0.4, 0.5) is 18.9 Å². The number of halogens is 3. The van der Waals surface area contributed by atoms with Crippen LogP contribution in [0.25, 0.3) is 0 Å². The summed E-state index contributed by atoms with van der Waals surface area (Å²) in [5.74, 6) is 0. The molecule has 1 aromatic carbocycles. The van der Waals surface area contributed by atoms with Gasteiger partial charge in [-0.25, -0.2) is 0 Å². The molecule has 3 N–H and O–H groups in total. The molecule has 2 rings (SSSR count). The molecule has 5 heteroatoms. The lowest BCUT2D eigenvalue weighted by molar-refractivity contribution is -0.137. The van der Waals surface area contributed by atoms with E-state index in [1.54, 1.807) is 6.07 Å². The molecule has 0 amide bonds. The maximum atomic E-state index is 12.7. The summed E-state index contributed by atoms with van der Waals surface area (Å²) in [6.45, 7) is 0.389. The van der Waals surface area contributed by atoms with E-state index >= 15 is 0 Å². The fourth-order valence-corrected chi connectivity index (χ4v) is 1.96. The third-order valence-corrected chi connectivity index (χ3v) is 3.21. The normalized spacial score (nSPS) is 18.6. The zero-order valence-corrected chi connectivity index (χ0v) is 9.35. The van der Waals surface area contributed by atoms with Gasteiger partial charge in [0, 0.05) is 17.8 Å². The van der Waals surface area contributed by atoms with Gasteiger partial charge in [-0.15, -0.1) is 0 Å². The number of nitrogens with one attached hydrogen (secondary N) is 1. The lowest BCUT2D eigenvalue weighted by Gasteiger charge is -2.38. The van der Waals surface area contributed by atoms with Crippen molar-refractivity contribution in [3.05, 3.63) is 29.8 Å². The SMILES string of the molecule is NC1(CNc2ccccc2C(F)(F)F)CCC1. The van der Waals surface area contributed by atoms with Crippen LogP contribution >= 0.6 is 0 Å². The molecule has 2 nitrogen and oxygen atoms in total. The van der Waals surface area contributed by atoms with Crippen molar-refractivity contribution in [2.45, 2.75) is 31.0 Å². The zero-order chi connectivity index (χ0) is 12.5. The van der Waals surface area contributed by atoms with Crippen LogP contribution in [0.5, 0.6) is 0 Å². The predicted octanol–water partition coefficient (Wildman–Crippen LogP) is 3.00. The summed E-state index contributed by atoms with van der Waals surface area (Å²) in [4.78, 5) is 0. The Hall–Kier alpha value is -1.23.